The Morgan fingerprint density at radius 1 is 1.04 bits per heavy atom. The van der Waals surface area contributed by atoms with E-state index in [0.29, 0.717) is 16.5 Å². The van der Waals surface area contributed by atoms with Crippen molar-refractivity contribution in [2.45, 2.75) is 12.8 Å². The molecule has 2 aromatic carbocycles. The molecule has 24 heavy (non-hydrogen) atoms. The Bertz CT molecular complexity index is 993. The Balaban J connectivity index is 1.89. The van der Waals surface area contributed by atoms with E-state index in [-0.39, 0.29) is 24.2 Å². The number of hydrogen-bond donors (Lipinski definition) is 1. The lowest BCUT2D eigenvalue weighted by Gasteiger charge is -2.07. The van der Waals surface area contributed by atoms with Crippen molar-refractivity contribution in [1.82, 2.24) is 0 Å². The summed E-state index contributed by atoms with van der Waals surface area (Å²) in [6, 6.07) is 12.7. The summed E-state index contributed by atoms with van der Waals surface area (Å²) < 4.78 is 6.31. The summed E-state index contributed by atoms with van der Waals surface area (Å²) in [6.45, 7) is 0. The summed E-state index contributed by atoms with van der Waals surface area (Å²) in [5.41, 5.74) is 0.488. The number of methoxy groups -OCH3 is 1. The van der Waals surface area contributed by atoms with Crippen LogP contribution in [-0.2, 0) is 14.3 Å². The van der Waals surface area contributed by atoms with Gasteiger partial charge in [0.25, 0.3) is 0 Å². The minimum absolute atomic E-state index is 0.0232. The predicted octanol–water partition coefficient (Wildman–Crippen LogP) is 3.31. The zero-order valence-electron chi connectivity index (χ0n) is 13.0. The molecule has 0 spiro atoms. The Kier molecular flexibility index (Phi) is 4.57. The van der Waals surface area contributed by atoms with Crippen LogP contribution in [0.25, 0.3) is 20.2 Å². The number of esters is 1. The Morgan fingerprint density at radius 3 is 2.58 bits per heavy atom. The van der Waals surface area contributed by atoms with E-state index in [4.69, 9.17) is 0 Å². The zero-order chi connectivity index (χ0) is 17.1. The summed E-state index contributed by atoms with van der Waals surface area (Å²) in [6.07, 6.45) is 0.0602. The van der Waals surface area contributed by atoms with Gasteiger partial charge in [-0.3, -0.25) is 14.4 Å². The van der Waals surface area contributed by atoms with E-state index in [0.717, 1.165) is 9.40 Å². The molecule has 0 fully saturated rings. The maximum Gasteiger partial charge on any atom is 0.306 e. The largest absolute Gasteiger partial charge is 0.469 e. The zero-order valence-corrected chi connectivity index (χ0v) is 13.8. The Hall–Kier alpha value is -2.73. The molecule has 5 nitrogen and oxygen atoms in total. The molecule has 0 unspecified atom stereocenters. The van der Waals surface area contributed by atoms with E-state index in [2.05, 4.69) is 10.1 Å². The van der Waals surface area contributed by atoms with E-state index in [9.17, 15) is 14.4 Å². The molecule has 0 aliphatic carbocycles. The van der Waals surface area contributed by atoms with Crippen molar-refractivity contribution in [3.63, 3.8) is 0 Å². The topological polar surface area (TPSA) is 72.5 Å². The first-order chi connectivity index (χ1) is 11.6. The maximum atomic E-state index is 12.6. The summed E-state index contributed by atoms with van der Waals surface area (Å²) in [4.78, 5) is 35.6. The third-order valence-corrected chi connectivity index (χ3v) is 4.80. The van der Waals surface area contributed by atoms with Crippen LogP contribution in [0, 0.1) is 0 Å². The smallest absolute Gasteiger partial charge is 0.306 e. The van der Waals surface area contributed by atoms with Crippen molar-refractivity contribution in [3.8, 4) is 0 Å². The van der Waals surface area contributed by atoms with Crippen LogP contribution in [0.1, 0.15) is 12.8 Å². The number of fused-ring (bicyclic) bond motifs is 2. The van der Waals surface area contributed by atoms with Gasteiger partial charge in [0.05, 0.1) is 13.5 Å². The third kappa shape index (κ3) is 3.28. The molecule has 1 amide bonds. The van der Waals surface area contributed by atoms with Crippen LogP contribution in [0.3, 0.4) is 0 Å². The van der Waals surface area contributed by atoms with Gasteiger partial charge in [-0.25, -0.2) is 0 Å². The average molecular weight is 341 g/mol. The molecule has 0 atom stereocenters. The summed E-state index contributed by atoms with van der Waals surface area (Å²) in [5, 5.41) is 3.95. The summed E-state index contributed by atoms with van der Waals surface area (Å²) in [5.74, 6) is -0.726. The fourth-order valence-corrected chi connectivity index (χ4v) is 3.47. The number of nitrogens with one attached hydrogen (secondary N) is 1. The molecule has 0 saturated heterocycles. The van der Waals surface area contributed by atoms with Crippen LogP contribution < -0.4 is 10.7 Å². The molecule has 122 valence electrons. The normalized spacial score (nSPS) is 10.7. The van der Waals surface area contributed by atoms with Crippen LogP contribution in [-0.4, -0.2) is 19.0 Å². The maximum absolute atomic E-state index is 12.6. The van der Waals surface area contributed by atoms with Crippen molar-refractivity contribution >= 4 is 49.1 Å². The summed E-state index contributed by atoms with van der Waals surface area (Å²) in [7, 11) is 1.28. The first-order valence-electron chi connectivity index (χ1n) is 7.41. The molecule has 1 aromatic heterocycles. The molecule has 1 N–H and O–H groups in total. The van der Waals surface area contributed by atoms with Gasteiger partial charge in [-0.2, -0.15) is 0 Å². The van der Waals surface area contributed by atoms with Gasteiger partial charge >= 0.3 is 5.97 Å². The summed E-state index contributed by atoms with van der Waals surface area (Å²) >= 11 is 1.54. The fourth-order valence-electron chi connectivity index (χ4n) is 2.42. The number of hydrogen-bond acceptors (Lipinski definition) is 5. The van der Waals surface area contributed by atoms with Crippen LogP contribution in [0.5, 0.6) is 0 Å². The van der Waals surface area contributed by atoms with Gasteiger partial charge in [-0.1, -0.05) is 12.1 Å². The van der Waals surface area contributed by atoms with Crippen LogP contribution >= 0.6 is 11.3 Å². The van der Waals surface area contributed by atoms with E-state index in [1.165, 1.54) is 18.4 Å². The molecule has 3 rings (SSSR count). The number of carbonyl (C=O) groups is 2. The second kappa shape index (κ2) is 6.80. The molecule has 0 aliphatic heterocycles. The number of benzene rings is 2. The van der Waals surface area contributed by atoms with Crippen LogP contribution in [0.15, 0.2) is 47.3 Å². The lowest BCUT2D eigenvalue weighted by molar-refractivity contribution is -0.141. The highest BCUT2D eigenvalue weighted by Gasteiger charge is 2.10. The lowest BCUT2D eigenvalue weighted by atomic mass is 10.1. The van der Waals surface area contributed by atoms with Crippen molar-refractivity contribution in [2.75, 3.05) is 12.4 Å². The standard InChI is InChI=1S/C18H15NO4S/c1-23-17(21)9-8-16(20)19-11-6-7-15-13(10-11)18(22)12-4-2-3-5-14(12)24-15/h2-7,10H,8-9H2,1H3,(H,19,20). The van der Waals surface area contributed by atoms with Crippen molar-refractivity contribution < 1.29 is 14.3 Å². The molecule has 0 bridgehead atoms. The van der Waals surface area contributed by atoms with Gasteiger partial charge in [0.2, 0.25) is 5.91 Å². The van der Waals surface area contributed by atoms with E-state index < -0.39 is 5.97 Å². The molecular formula is C18H15NO4S. The van der Waals surface area contributed by atoms with Crippen molar-refractivity contribution in [1.29, 1.82) is 0 Å². The Labute approximate surface area is 141 Å². The van der Waals surface area contributed by atoms with Crippen LogP contribution in [0.2, 0.25) is 0 Å². The van der Waals surface area contributed by atoms with Crippen LogP contribution in [0.4, 0.5) is 5.69 Å². The quantitative estimate of drug-likeness (QED) is 0.584. The van der Waals surface area contributed by atoms with E-state index >= 15 is 0 Å². The molecular weight excluding hydrogens is 326 g/mol. The minimum Gasteiger partial charge on any atom is -0.469 e. The number of ether oxygens (including phenoxy) is 1. The molecule has 6 heteroatoms. The van der Waals surface area contributed by atoms with Gasteiger partial charge in [0.15, 0.2) is 5.43 Å². The first kappa shape index (κ1) is 16.1. The third-order valence-electron chi connectivity index (χ3n) is 3.64. The lowest BCUT2D eigenvalue weighted by Crippen LogP contribution is -2.14. The fraction of sp³-hybridized carbons (Fsp3) is 0.167. The van der Waals surface area contributed by atoms with E-state index in [1.54, 1.807) is 18.2 Å². The number of amides is 1. The van der Waals surface area contributed by atoms with E-state index in [1.807, 2.05) is 24.3 Å². The number of rotatable bonds is 4. The minimum atomic E-state index is -0.432. The number of carbonyl (C=O) groups excluding carboxylic acids is 2. The second-order valence-electron chi connectivity index (χ2n) is 5.26. The SMILES string of the molecule is COC(=O)CCC(=O)Nc1ccc2sc3ccccc3c(=O)c2c1. The Morgan fingerprint density at radius 2 is 1.79 bits per heavy atom. The van der Waals surface area contributed by atoms with Crippen molar-refractivity contribution in [2.24, 2.45) is 0 Å². The molecule has 1 heterocycles. The molecule has 0 radical (unpaired) electrons. The van der Waals surface area contributed by atoms with Crippen molar-refractivity contribution in [3.05, 3.63) is 52.7 Å². The van der Waals surface area contributed by atoms with Gasteiger partial charge < -0.3 is 10.1 Å². The second-order valence-corrected chi connectivity index (χ2v) is 6.35. The predicted molar refractivity (Wildman–Crippen MR) is 95.5 cm³/mol. The number of anilines is 1. The molecule has 0 saturated carbocycles. The highest BCUT2D eigenvalue weighted by Crippen LogP contribution is 2.26. The molecule has 3 aromatic rings. The van der Waals surface area contributed by atoms with Gasteiger partial charge in [0.1, 0.15) is 0 Å². The van der Waals surface area contributed by atoms with Gasteiger partial charge in [-0.15, -0.1) is 11.3 Å². The first-order valence-corrected chi connectivity index (χ1v) is 8.22. The highest BCUT2D eigenvalue weighted by atomic mass is 32.1. The monoisotopic (exact) mass is 341 g/mol. The van der Waals surface area contributed by atoms with Gasteiger partial charge in [0, 0.05) is 32.3 Å². The van der Waals surface area contributed by atoms with Gasteiger partial charge in [-0.05, 0) is 30.3 Å². The molecule has 0 aliphatic rings. The average Bonchev–Trinajstić information content (AvgIpc) is 2.60. The highest BCUT2D eigenvalue weighted by molar-refractivity contribution is 7.24.